The zero-order valence-corrected chi connectivity index (χ0v) is 14.8. The maximum absolute atomic E-state index is 12.7. The topological polar surface area (TPSA) is 43.4 Å². The van der Waals surface area contributed by atoms with Crippen molar-refractivity contribution in [1.82, 2.24) is 0 Å². The van der Waals surface area contributed by atoms with E-state index in [1.807, 2.05) is 52.8 Å². The lowest BCUT2D eigenvalue weighted by Gasteiger charge is -2.16. The standard InChI is InChI=1S/C18H22O3S/c1-11-9-10-17(16(6)14(11)4)21-22(19,20)18-13(3)8-7-12(2)15(18)5/h7-10H,1-6H3. The van der Waals surface area contributed by atoms with Gasteiger partial charge in [0.05, 0.1) is 0 Å². The Morgan fingerprint density at radius 1 is 0.682 bits per heavy atom. The fraction of sp³-hybridized carbons (Fsp3) is 0.333. The molecular weight excluding hydrogens is 296 g/mol. The second-order valence-corrected chi connectivity index (χ2v) is 7.30. The molecule has 2 aromatic rings. The van der Waals surface area contributed by atoms with E-state index in [-0.39, 0.29) is 4.90 Å². The van der Waals surface area contributed by atoms with Crippen LogP contribution < -0.4 is 4.18 Å². The van der Waals surface area contributed by atoms with E-state index in [9.17, 15) is 8.42 Å². The van der Waals surface area contributed by atoms with Gasteiger partial charge in [-0.05, 0) is 81.0 Å². The van der Waals surface area contributed by atoms with Gasteiger partial charge in [-0.25, -0.2) is 0 Å². The third-order valence-corrected chi connectivity index (χ3v) is 5.86. The molecule has 2 rings (SSSR count). The maximum Gasteiger partial charge on any atom is 0.339 e. The number of hydrogen-bond donors (Lipinski definition) is 0. The maximum atomic E-state index is 12.7. The molecule has 0 aliphatic heterocycles. The van der Waals surface area contributed by atoms with Crippen molar-refractivity contribution in [2.45, 2.75) is 46.4 Å². The van der Waals surface area contributed by atoms with Crippen molar-refractivity contribution in [1.29, 1.82) is 0 Å². The van der Waals surface area contributed by atoms with E-state index >= 15 is 0 Å². The molecule has 0 aliphatic rings. The Morgan fingerprint density at radius 3 is 1.82 bits per heavy atom. The lowest BCUT2D eigenvalue weighted by molar-refractivity contribution is 0.482. The summed E-state index contributed by atoms with van der Waals surface area (Å²) < 4.78 is 30.9. The van der Waals surface area contributed by atoms with Crippen LogP contribution >= 0.6 is 0 Å². The molecule has 0 saturated carbocycles. The van der Waals surface area contributed by atoms with Crippen molar-refractivity contribution >= 4 is 10.1 Å². The smallest absolute Gasteiger partial charge is 0.339 e. The summed E-state index contributed by atoms with van der Waals surface area (Å²) in [4.78, 5) is 0.269. The van der Waals surface area contributed by atoms with Gasteiger partial charge >= 0.3 is 10.1 Å². The predicted octanol–water partition coefficient (Wildman–Crippen LogP) is 4.30. The van der Waals surface area contributed by atoms with Crippen molar-refractivity contribution in [3.63, 3.8) is 0 Å². The van der Waals surface area contributed by atoms with Crippen LogP contribution in [-0.2, 0) is 10.1 Å². The summed E-state index contributed by atoms with van der Waals surface area (Å²) >= 11 is 0. The summed E-state index contributed by atoms with van der Waals surface area (Å²) in [5, 5.41) is 0. The van der Waals surface area contributed by atoms with Crippen LogP contribution in [0.2, 0.25) is 0 Å². The summed E-state index contributed by atoms with van der Waals surface area (Å²) in [6.07, 6.45) is 0. The zero-order chi connectivity index (χ0) is 16.7. The number of rotatable bonds is 3. The predicted molar refractivity (Wildman–Crippen MR) is 89.1 cm³/mol. The lowest BCUT2D eigenvalue weighted by atomic mass is 10.0. The number of aryl methyl sites for hydroxylation is 3. The van der Waals surface area contributed by atoms with Crippen molar-refractivity contribution in [2.24, 2.45) is 0 Å². The highest BCUT2D eigenvalue weighted by atomic mass is 32.2. The average Bonchev–Trinajstić information content (AvgIpc) is 2.44. The van der Waals surface area contributed by atoms with Gasteiger partial charge in [0.25, 0.3) is 0 Å². The second kappa shape index (κ2) is 5.76. The first kappa shape index (κ1) is 16.6. The minimum Gasteiger partial charge on any atom is -0.379 e. The molecule has 0 atom stereocenters. The highest BCUT2D eigenvalue weighted by molar-refractivity contribution is 7.87. The first-order chi connectivity index (χ1) is 10.1. The van der Waals surface area contributed by atoms with Crippen LogP contribution in [0, 0.1) is 41.5 Å². The van der Waals surface area contributed by atoms with Crippen LogP contribution in [0.15, 0.2) is 29.2 Å². The van der Waals surface area contributed by atoms with Crippen LogP contribution in [-0.4, -0.2) is 8.42 Å². The van der Waals surface area contributed by atoms with Gasteiger partial charge in [-0.15, -0.1) is 0 Å². The molecule has 0 spiro atoms. The molecule has 0 heterocycles. The molecule has 0 aromatic heterocycles. The molecule has 0 amide bonds. The summed E-state index contributed by atoms with van der Waals surface area (Å²) in [6, 6.07) is 7.33. The van der Waals surface area contributed by atoms with Crippen LogP contribution in [0.4, 0.5) is 0 Å². The van der Waals surface area contributed by atoms with Crippen LogP contribution in [0.5, 0.6) is 5.75 Å². The zero-order valence-electron chi connectivity index (χ0n) is 13.9. The SMILES string of the molecule is Cc1ccc(OS(=O)(=O)c2c(C)ccc(C)c2C)c(C)c1C. The Balaban J connectivity index is 2.55. The molecule has 0 N–H and O–H groups in total. The minimum atomic E-state index is -3.85. The summed E-state index contributed by atoms with van der Waals surface area (Å²) in [7, 11) is -3.85. The van der Waals surface area contributed by atoms with Gasteiger partial charge in [0.1, 0.15) is 10.6 Å². The first-order valence-electron chi connectivity index (χ1n) is 7.23. The molecule has 0 aliphatic carbocycles. The fourth-order valence-electron chi connectivity index (χ4n) is 2.49. The summed E-state index contributed by atoms with van der Waals surface area (Å²) in [5.74, 6) is 0.392. The monoisotopic (exact) mass is 318 g/mol. The lowest BCUT2D eigenvalue weighted by Crippen LogP contribution is -2.14. The summed E-state index contributed by atoms with van der Waals surface area (Å²) in [5.41, 5.74) is 5.39. The average molecular weight is 318 g/mol. The molecule has 22 heavy (non-hydrogen) atoms. The Bertz CT molecular complexity index is 834. The Kier molecular flexibility index (Phi) is 4.34. The third-order valence-electron chi connectivity index (χ3n) is 4.33. The van der Waals surface area contributed by atoms with Gasteiger partial charge < -0.3 is 4.18 Å². The highest BCUT2D eigenvalue weighted by Crippen LogP contribution is 2.30. The van der Waals surface area contributed by atoms with E-state index in [4.69, 9.17) is 4.18 Å². The number of benzene rings is 2. The fourth-order valence-corrected chi connectivity index (χ4v) is 3.99. The van der Waals surface area contributed by atoms with Gasteiger partial charge in [-0.3, -0.25) is 0 Å². The molecule has 0 saturated heterocycles. The molecule has 0 fully saturated rings. The Labute approximate surface area is 133 Å². The van der Waals surface area contributed by atoms with Crippen molar-refractivity contribution in [3.05, 3.63) is 57.6 Å². The molecule has 0 unspecified atom stereocenters. The van der Waals surface area contributed by atoms with E-state index in [1.165, 1.54) is 0 Å². The molecule has 118 valence electrons. The van der Waals surface area contributed by atoms with Gasteiger partial charge in [-0.1, -0.05) is 18.2 Å². The molecule has 2 aromatic carbocycles. The highest BCUT2D eigenvalue weighted by Gasteiger charge is 2.23. The normalized spacial score (nSPS) is 11.5. The van der Waals surface area contributed by atoms with Crippen LogP contribution in [0.3, 0.4) is 0 Å². The quantitative estimate of drug-likeness (QED) is 0.792. The summed E-state index contributed by atoms with van der Waals surface area (Å²) in [6.45, 7) is 11.3. The van der Waals surface area contributed by atoms with E-state index in [1.54, 1.807) is 13.0 Å². The molecule has 0 bridgehead atoms. The Morgan fingerprint density at radius 2 is 1.18 bits per heavy atom. The van der Waals surface area contributed by atoms with Gasteiger partial charge in [0.2, 0.25) is 0 Å². The Hall–Kier alpha value is -1.81. The van der Waals surface area contributed by atoms with Gasteiger partial charge in [0.15, 0.2) is 0 Å². The largest absolute Gasteiger partial charge is 0.379 e. The number of hydrogen-bond acceptors (Lipinski definition) is 3. The molecule has 3 nitrogen and oxygen atoms in total. The van der Waals surface area contributed by atoms with Gasteiger partial charge in [0, 0.05) is 0 Å². The molecule has 0 radical (unpaired) electrons. The van der Waals surface area contributed by atoms with Crippen molar-refractivity contribution < 1.29 is 12.6 Å². The van der Waals surface area contributed by atoms with Crippen LogP contribution in [0.1, 0.15) is 33.4 Å². The van der Waals surface area contributed by atoms with Crippen molar-refractivity contribution in [2.75, 3.05) is 0 Å². The van der Waals surface area contributed by atoms with Crippen LogP contribution in [0.25, 0.3) is 0 Å². The van der Waals surface area contributed by atoms with E-state index in [0.29, 0.717) is 11.3 Å². The minimum absolute atomic E-state index is 0.269. The van der Waals surface area contributed by atoms with E-state index in [0.717, 1.165) is 27.8 Å². The van der Waals surface area contributed by atoms with Crippen molar-refractivity contribution in [3.8, 4) is 5.75 Å². The van der Waals surface area contributed by atoms with E-state index < -0.39 is 10.1 Å². The van der Waals surface area contributed by atoms with Gasteiger partial charge in [-0.2, -0.15) is 8.42 Å². The second-order valence-electron chi connectivity index (χ2n) is 5.82. The molecule has 4 heteroatoms. The first-order valence-corrected chi connectivity index (χ1v) is 8.64. The molecular formula is C18H22O3S. The van der Waals surface area contributed by atoms with E-state index in [2.05, 4.69) is 0 Å². The third kappa shape index (κ3) is 2.88.